The Bertz CT molecular complexity index is 882. The molecule has 2 aliphatic heterocycles. The molecule has 1 aromatic heterocycles. The quantitative estimate of drug-likeness (QED) is 0.792. The van der Waals surface area contributed by atoms with Crippen LogP contribution in [0.15, 0.2) is 40.9 Å². The van der Waals surface area contributed by atoms with Gasteiger partial charge in [-0.25, -0.2) is 14.4 Å². The minimum Gasteiger partial charge on any atom is -0.337 e. The van der Waals surface area contributed by atoms with Crippen molar-refractivity contribution in [1.29, 1.82) is 0 Å². The van der Waals surface area contributed by atoms with Gasteiger partial charge >= 0.3 is 0 Å². The number of hydrogen-bond acceptors (Lipinski definition) is 5. The second-order valence-electron chi connectivity index (χ2n) is 7.09. The fraction of sp³-hybridized carbons (Fsp3) is 0.400. The molecule has 1 saturated heterocycles. The van der Waals surface area contributed by atoms with Crippen molar-refractivity contribution in [3.8, 4) is 0 Å². The highest BCUT2D eigenvalue weighted by molar-refractivity contribution is 7.09. The molecule has 2 amide bonds. The molecule has 28 heavy (non-hydrogen) atoms. The van der Waals surface area contributed by atoms with Crippen molar-refractivity contribution in [2.45, 2.75) is 38.1 Å². The van der Waals surface area contributed by atoms with Crippen molar-refractivity contribution < 1.29 is 14.0 Å². The third-order valence-corrected chi connectivity index (χ3v) is 6.04. The van der Waals surface area contributed by atoms with Crippen LogP contribution in [0.1, 0.15) is 42.2 Å². The van der Waals surface area contributed by atoms with Crippen LogP contribution in [0.5, 0.6) is 0 Å². The molecule has 2 aromatic rings. The molecule has 0 saturated carbocycles. The molecule has 1 unspecified atom stereocenters. The number of hydrazone groups is 1. The number of carbonyl (C=O) groups excluding carboxylic acids is 2. The number of amides is 2. The summed E-state index contributed by atoms with van der Waals surface area (Å²) in [6, 6.07) is 5.95. The molecule has 8 heteroatoms. The SMILES string of the molecule is O=C(C1=NN(Cc2ccc(F)cc2)C(=O)CC1)N1CCCC(c2nccs2)C1. The second-order valence-corrected chi connectivity index (χ2v) is 8.01. The van der Waals surface area contributed by atoms with Crippen LogP contribution in [-0.4, -0.2) is 45.5 Å². The van der Waals surface area contributed by atoms with Crippen molar-refractivity contribution in [2.75, 3.05) is 13.1 Å². The number of thiazole rings is 1. The lowest BCUT2D eigenvalue weighted by atomic mass is 9.98. The second kappa shape index (κ2) is 8.18. The summed E-state index contributed by atoms with van der Waals surface area (Å²) in [4.78, 5) is 31.5. The summed E-state index contributed by atoms with van der Waals surface area (Å²) in [5.41, 5.74) is 1.19. The van der Waals surface area contributed by atoms with Gasteiger partial charge in [0.25, 0.3) is 5.91 Å². The Labute approximate surface area is 166 Å². The summed E-state index contributed by atoms with van der Waals surface area (Å²) >= 11 is 1.62. The van der Waals surface area contributed by atoms with Crippen molar-refractivity contribution in [3.05, 3.63) is 52.2 Å². The molecule has 146 valence electrons. The van der Waals surface area contributed by atoms with Gasteiger partial charge in [-0.1, -0.05) is 12.1 Å². The van der Waals surface area contributed by atoms with Crippen LogP contribution in [0.2, 0.25) is 0 Å². The van der Waals surface area contributed by atoms with Gasteiger partial charge in [0.1, 0.15) is 11.5 Å². The van der Waals surface area contributed by atoms with E-state index >= 15 is 0 Å². The van der Waals surface area contributed by atoms with E-state index in [1.807, 2.05) is 10.3 Å². The van der Waals surface area contributed by atoms with E-state index in [9.17, 15) is 14.0 Å². The van der Waals surface area contributed by atoms with Crippen LogP contribution in [0, 0.1) is 5.82 Å². The first-order valence-electron chi connectivity index (χ1n) is 9.41. The normalized spacial score (nSPS) is 20.2. The van der Waals surface area contributed by atoms with Crippen LogP contribution in [0.25, 0.3) is 0 Å². The Hall–Kier alpha value is -2.61. The molecule has 3 heterocycles. The molecule has 1 aromatic carbocycles. The minimum absolute atomic E-state index is 0.0992. The largest absolute Gasteiger partial charge is 0.337 e. The molecule has 0 aliphatic carbocycles. The van der Waals surface area contributed by atoms with Crippen LogP contribution in [0.4, 0.5) is 4.39 Å². The summed E-state index contributed by atoms with van der Waals surface area (Å²) in [6.45, 7) is 1.57. The summed E-state index contributed by atoms with van der Waals surface area (Å²) in [5, 5.41) is 8.70. The average molecular weight is 400 g/mol. The maximum absolute atomic E-state index is 13.1. The van der Waals surface area contributed by atoms with Gasteiger partial charge in [0, 0.05) is 43.4 Å². The van der Waals surface area contributed by atoms with Gasteiger partial charge in [-0.05, 0) is 30.5 Å². The Morgan fingerprint density at radius 2 is 2.07 bits per heavy atom. The van der Waals surface area contributed by atoms with Gasteiger partial charge < -0.3 is 4.90 Å². The maximum atomic E-state index is 13.1. The first-order valence-corrected chi connectivity index (χ1v) is 10.3. The van der Waals surface area contributed by atoms with E-state index in [0.717, 1.165) is 23.4 Å². The molecule has 0 radical (unpaired) electrons. The summed E-state index contributed by atoms with van der Waals surface area (Å²) in [7, 11) is 0. The number of halogens is 1. The lowest BCUT2D eigenvalue weighted by Crippen LogP contribution is -2.45. The highest BCUT2D eigenvalue weighted by Crippen LogP contribution is 2.28. The fourth-order valence-electron chi connectivity index (χ4n) is 3.62. The van der Waals surface area contributed by atoms with Crippen LogP contribution in [0.3, 0.4) is 0 Å². The molecule has 2 aliphatic rings. The number of likely N-dealkylation sites (tertiary alicyclic amines) is 1. The Kier molecular flexibility index (Phi) is 5.47. The van der Waals surface area contributed by atoms with Gasteiger partial charge in [0.2, 0.25) is 5.91 Å². The number of piperidine rings is 1. The van der Waals surface area contributed by atoms with Crippen molar-refractivity contribution in [2.24, 2.45) is 5.10 Å². The first kappa shape index (κ1) is 18.7. The molecule has 4 rings (SSSR count). The van der Waals surface area contributed by atoms with E-state index in [2.05, 4.69) is 10.1 Å². The molecular formula is C20H21FN4O2S. The average Bonchev–Trinajstić information content (AvgIpc) is 3.26. The summed E-state index contributed by atoms with van der Waals surface area (Å²) in [6.07, 6.45) is 4.37. The Morgan fingerprint density at radius 3 is 2.82 bits per heavy atom. The molecule has 6 nitrogen and oxygen atoms in total. The number of hydrogen-bond donors (Lipinski definition) is 0. The topological polar surface area (TPSA) is 65.9 Å². The highest BCUT2D eigenvalue weighted by Gasteiger charge is 2.31. The third-order valence-electron chi connectivity index (χ3n) is 5.11. The maximum Gasteiger partial charge on any atom is 0.270 e. The highest BCUT2D eigenvalue weighted by atomic mass is 32.1. The number of rotatable bonds is 4. The zero-order valence-corrected chi connectivity index (χ0v) is 16.2. The smallest absolute Gasteiger partial charge is 0.270 e. The van der Waals surface area contributed by atoms with Gasteiger partial charge in [0.15, 0.2) is 0 Å². The lowest BCUT2D eigenvalue weighted by molar-refractivity contribution is -0.132. The van der Waals surface area contributed by atoms with E-state index in [1.54, 1.807) is 29.7 Å². The number of carbonyl (C=O) groups is 2. The predicted octanol–water partition coefficient (Wildman–Crippen LogP) is 3.17. The Morgan fingerprint density at radius 1 is 1.25 bits per heavy atom. The molecule has 0 spiro atoms. The van der Waals surface area contributed by atoms with Gasteiger partial charge in [-0.15, -0.1) is 11.3 Å². The molecule has 1 fully saturated rings. The zero-order chi connectivity index (χ0) is 19.5. The van der Waals surface area contributed by atoms with Crippen LogP contribution in [-0.2, 0) is 16.1 Å². The number of benzene rings is 1. The van der Waals surface area contributed by atoms with Crippen LogP contribution >= 0.6 is 11.3 Å². The summed E-state index contributed by atoms with van der Waals surface area (Å²) in [5.74, 6) is -0.287. The fourth-order valence-corrected chi connectivity index (χ4v) is 4.39. The van der Waals surface area contributed by atoms with Crippen molar-refractivity contribution >= 4 is 28.9 Å². The lowest BCUT2D eigenvalue weighted by Gasteiger charge is -2.33. The molecule has 0 N–H and O–H groups in total. The van der Waals surface area contributed by atoms with Crippen molar-refractivity contribution in [1.82, 2.24) is 14.9 Å². The standard InChI is InChI=1S/C20H21FN4O2S/c21-16-5-3-14(4-6-16)12-25-18(26)8-7-17(23-25)20(27)24-10-1-2-15(13-24)19-22-9-11-28-19/h3-6,9,11,15H,1-2,7-8,10,12-13H2. The monoisotopic (exact) mass is 400 g/mol. The van der Waals surface area contributed by atoms with E-state index in [-0.39, 0.29) is 36.5 Å². The number of aromatic nitrogens is 1. The Balaban J connectivity index is 1.46. The van der Waals surface area contributed by atoms with Gasteiger partial charge in [0.05, 0.1) is 11.6 Å². The van der Waals surface area contributed by atoms with E-state index in [4.69, 9.17) is 0 Å². The molecule has 1 atom stereocenters. The number of nitrogens with zero attached hydrogens (tertiary/aromatic N) is 4. The minimum atomic E-state index is -0.326. The van der Waals surface area contributed by atoms with E-state index in [1.165, 1.54) is 17.1 Å². The molecule has 0 bridgehead atoms. The third kappa shape index (κ3) is 4.11. The van der Waals surface area contributed by atoms with Crippen molar-refractivity contribution in [3.63, 3.8) is 0 Å². The van der Waals surface area contributed by atoms with Gasteiger partial charge in [-0.2, -0.15) is 5.10 Å². The van der Waals surface area contributed by atoms with E-state index in [0.29, 0.717) is 25.2 Å². The predicted molar refractivity (Wildman–Crippen MR) is 104 cm³/mol. The zero-order valence-electron chi connectivity index (χ0n) is 15.4. The first-order chi connectivity index (χ1) is 13.6. The van der Waals surface area contributed by atoms with Crippen LogP contribution < -0.4 is 0 Å². The summed E-state index contributed by atoms with van der Waals surface area (Å²) < 4.78 is 13.1. The van der Waals surface area contributed by atoms with Gasteiger partial charge in [-0.3, -0.25) is 9.59 Å². The van der Waals surface area contributed by atoms with E-state index < -0.39 is 0 Å². The molecular weight excluding hydrogens is 379 g/mol.